The monoisotopic (exact) mass is 548 g/mol. The van der Waals surface area contributed by atoms with Gasteiger partial charge in [-0.1, -0.05) is 23.4 Å². The predicted octanol–water partition coefficient (Wildman–Crippen LogP) is 5.78. The van der Waals surface area contributed by atoms with Crippen LogP contribution in [0.5, 0.6) is 5.75 Å². The molecule has 0 radical (unpaired) electrons. The summed E-state index contributed by atoms with van der Waals surface area (Å²) in [5, 5.41) is 13.5. The Morgan fingerprint density at radius 3 is 2.64 bits per heavy atom. The number of esters is 1. The van der Waals surface area contributed by atoms with E-state index in [0.717, 1.165) is 45.9 Å². The van der Waals surface area contributed by atoms with Crippen LogP contribution in [-0.4, -0.2) is 39.5 Å². The summed E-state index contributed by atoms with van der Waals surface area (Å²) < 4.78 is 13.0. The third-order valence-electron chi connectivity index (χ3n) is 6.04. The van der Waals surface area contributed by atoms with E-state index in [1.54, 1.807) is 0 Å². The van der Waals surface area contributed by atoms with Crippen molar-refractivity contribution in [3.05, 3.63) is 50.1 Å². The first-order valence-corrected chi connectivity index (χ1v) is 13.9. The average Bonchev–Trinajstić information content (AvgIpc) is 3.54. The van der Waals surface area contributed by atoms with Crippen LogP contribution in [-0.2, 0) is 28.9 Å². The highest BCUT2D eigenvalue weighted by Crippen LogP contribution is 2.39. The fourth-order valence-corrected chi connectivity index (χ4v) is 6.55. The number of aromatic nitrogens is 3. The van der Waals surface area contributed by atoms with E-state index in [4.69, 9.17) is 21.1 Å². The fourth-order valence-electron chi connectivity index (χ4n) is 4.34. The number of aryl methyl sites for hydroxylation is 3. The molecular formula is C25H29ClN4O4S2. The van der Waals surface area contributed by atoms with E-state index in [2.05, 4.69) is 15.5 Å². The SMILES string of the molecule is CCn1c(SCC(=O)Nc2sc3c(c2C(=O)OC)CCC3)nnc1C(C)Oc1cc(C)c(Cl)c(C)c1. The van der Waals surface area contributed by atoms with Crippen LogP contribution >= 0.6 is 34.7 Å². The molecule has 8 nitrogen and oxygen atoms in total. The number of amides is 1. The van der Waals surface area contributed by atoms with Crippen LogP contribution in [0.3, 0.4) is 0 Å². The zero-order chi connectivity index (χ0) is 26.0. The molecule has 0 bridgehead atoms. The highest BCUT2D eigenvalue weighted by molar-refractivity contribution is 7.99. The molecule has 1 aliphatic rings. The molecule has 36 heavy (non-hydrogen) atoms. The van der Waals surface area contributed by atoms with Crippen LogP contribution in [0.4, 0.5) is 5.00 Å². The second-order valence-electron chi connectivity index (χ2n) is 8.61. The maximum atomic E-state index is 12.8. The molecule has 0 saturated heterocycles. The van der Waals surface area contributed by atoms with Crippen molar-refractivity contribution in [3.63, 3.8) is 0 Å². The average molecular weight is 549 g/mol. The zero-order valence-corrected chi connectivity index (χ0v) is 23.3. The number of hydrogen-bond donors (Lipinski definition) is 1. The number of thiophene rings is 1. The van der Waals surface area contributed by atoms with Gasteiger partial charge in [-0.3, -0.25) is 4.79 Å². The van der Waals surface area contributed by atoms with Gasteiger partial charge in [0.05, 0.1) is 18.4 Å². The van der Waals surface area contributed by atoms with Gasteiger partial charge in [0.2, 0.25) is 5.91 Å². The molecule has 11 heteroatoms. The summed E-state index contributed by atoms with van der Waals surface area (Å²) in [7, 11) is 1.36. The number of carbonyl (C=O) groups excluding carboxylic acids is 2. The molecule has 192 valence electrons. The van der Waals surface area contributed by atoms with Crippen LogP contribution in [0.15, 0.2) is 17.3 Å². The smallest absolute Gasteiger partial charge is 0.341 e. The molecule has 2 heterocycles. The van der Waals surface area contributed by atoms with Crippen molar-refractivity contribution >= 4 is 51.6 Å². The largest absolute Gasteiger partial charge is 0.483 e. The van der Waals surface area contributed by atoms with E-state index >= 15 is 0 Å². The second-order valence-corrected chi connectivity index (χ2v) is 11.0. The van der Waals surface area contributed by atoms with Gasteiger partial charge in [-0.2, -0.15) is 0 Å². The zero-order valence-electron chi connectivity index (χ0n) is 20.9. The molecule has 1 N–H and O–H groups in total. The van der Waals surface area contributed by atoms with Crippen molar-refractivity contribution in [2.45, 2.75) is 64.8 Å². The highest BCUT2D eigenvalue weighted by Gasteiger charge is 2.28. The lowest BCUT2D eigenvalue weighted by molar-refractivity contribution is -0.113. The molecular weight excluding hydrogens is 520 g/mol. The van der Waals surface area contributed by atoms with Gasteiger partial charge in [0.1, 0.15) is 10.8 Å². The predicted molar refractivity (Wildman–Crippen MR) is 143 cm³/mol. The van der Waals surface area contributed by atoms with Gasteiger partial charge < -0.3 is 19.4 Å². The minimum absolute atomic E-state index is 0.131. The van der Waals surface area contributed by atoms with Gasteiger partial charge in [-0.15, -0.1) is 21.5 Å². The van der Waals surface area contributed by atoms with Crippen molar-refractivity contribution < 1.29 is 19.1 Å². The summed E-state index contributed by atoms with van der Waals surface area (Å²) in [6, 6.07) is 3.81. The van der Waals surface area contributed by atoms with Gasteiger partial charge in [0, 0.05) is 16.4 Å². The summed E-state index contributed by atoms with van der Waals surface area (Å²) in [6.07, 6.45) is 2.42. The van der Waals surface area contributed by atoms with E-state index in [9.17, 15) is 9.59 Å². The van der Waals surface area contributed by atoms with Gasteiger partial charge in [0.15, 0.2) is 17.1 Å². The first-order valence-electron chi connectivity index (χ1n) is 11.7. The molecule has 0 fully saturated rings. The third-order valence-corrected chi connectivity index (χ3v) is 8.81. The molecule has 1 aliphatic carbocycles. The Bertz CT molecular complexity index is 1280. The van der Waals surface area contributed by atoms with E-state index in [-0.39, 0.29) is 17.8 Å². The quantitative estimate of drug-likeness (QED) is 0.267. The van der Waals surface area contributed by atoms with E-state index in [1.165, 1.54) is 30.2 Å². The van der Waals surface area contributed by atoms with Crippen LogP contribution in [0.25, 0.3) is 0 Å². The summed E-state index contributed by atoms with van der Waals surface area (Å²) in [5.74, 6) is 0.895. The number of fused-ring (bicyclic) bond motifs is 1. The number of nitrogens with one attached hydrogen (secondary N) is 1. The number of halogens is 1. The van der Waals surface area contributed by atoms with E-state index in [1.807, 2.05) is 44.4 Å². The Hall–Kier alpha value is -2.56. The lowest BCUT2D eigenvalue weighted by Gasteiger charge is -2.17. The molecule has 4 rings (SSSR count). The van der Waals surface area contributed by atoms with Gasteiger partial charge >= 0.3 is 5.97 Å². The number of thioether (sulfide) groups is 1. The minimum Gasteiger partial charge on any atom is -0.483 e. The topological polar surface area (TPSA) is 95.3 Å². The lowest BCUT2D eigenvalue weighted by Crippen LogP contribution is -2.17. The molecule has 3 aromatic rings. The summed E-state index contributed by atoms with van der Waals surface area (Å²) in [5.41, 5.74) is 3.39. The summed E-state index contributed by atoms with van der Waals surface area (Å²) in [6.45, 7) is 8.43. The maximum absolute atomic E-state index is 12.8. The van der Waals surface area contributed by atoms with Gasteiger partial charge in [-0.25, -0.2) is 4.79 Å². The number of benzene rings is 1. The number of methoxy groups -OCH3 is 1. The maximum Gasteiger partial charge on any atom is 0.341 e. The van der Waals surface area contributed by atoms with Crippen LogP contribution in [0, 0.1) is 13.8 Å². The van der Waals surface area contributed by atoms with Crippen molar-refractivity contribution in [3.8, 4) is 5.75 Å². The van der Waals surface area contributed by atoms with Crippen molar-refractivity contribution in [1.82, 2.24) is 14.8 Å². The van der Waals surface area contributed by atoms with Crippen LogP contribution in [0.1, 0.15) is 64.1 Å². The standard InChI is InChI=1S/C25H29ClN4O4S2/c1-6-30-22(15(4)34-16-10-13(2)21(26)14(3)11-16)28-29-25(30)35-12-19(31)27-23-20(24(32)33-5)17-8-7-9-18(17)36-23/h10-11,15H,6-9,12H2,1-5H3,(H,27,31). The van der Waals surface area contributed by atoms with Crippen molar-refractivity contribution in [2.75, 3.05) is 18.2 Å². The number of ether oxygens (including phenoxy) is 2. The molecule has 1 amide bonds. The Morgan fingerprint density at radius 1 is 1.25 bits per heavy atom. The number of nitrogens with zero attached hydrogens (tertiary/aromatic N) is 3. The summed E-state index contributed by atoms with van der Waals surface area (Å²) >= 11 is 9.03. The van der Waals surface area contributed by atoms with Gasteiger partial charge in [-0.05, 0) is 75.8 Å². The number of carbonyl (C=O) groups is 2. The Balaban J connectivity index is 1.43. The second kappa shape index (κ2) is 11.2. The Kier molecular flexibility index (Phi) is 8.27. The van der Waals surface area contributed by atoms with Gasteiger partial charge in [0.25, 0.3) is 0 Å². The number of anilines is 1. The van der Waals surface area contributed by atoms with Crippen LogP contribution in [0.2, 0.25) is 5.02 Å². The molecule has 1 atom stereocenters. The molecule has 0 spiro atoms. The van der Waals surface area contributed by atoms with Crippen LogP contribution < -0.4 is 10.1 Å². The number of hydrogen-bond acceptors (Lipinski definition) is 8. The Labute approximate surface area is 223 Å². The molecule has 1 unspecified atom stereocenters. The molecule has 0 aliphatic heterocycles. The first kappa shape index (κ1) is 26.5. The molecule has 2 aromatic heterocycles. The fraction of sp³-hybridized carbons (Fsp3) is 0.440. The first-order chi connectivity index (χ1) is 17.2. The summed E-state index contributed by atoms with van der Waals surface area (Å²) in [4.78, 5) is 26.3. The highest BCUT2D eigenvalue weighted by atomic mass is 35.5. The van der Waals surface area contributed by atoms with Crippen molar-refractivity contribution in [2.24, 2.45) is 0 Å². The Morgan fingerprint density at radius 2 is 1.97 bits per heavy atom. The van der Waals surface area contributed by atoms with Crippen molar-refractivity contribution in [1.29, 1.82) is 0 Å². The van der Waals surface area contributed by atoms with E-state index < -0.39 is 5.97 Å². The minimum atomic E-state index is -0.409. The normalized spacial score (nSPS) is 13.4. The molecule has 0 saturated carbocycles. The van der Waals surface area contributed by atoms with E-state index in [0.29, 0.717) is 33.8 Å². The third kappa shape index (κ3) is 5.40. The molecule has 1 aromatic carbocycles. The number of rotatable bonds is 9. The lowest BCUT2D eigenvalue weighted by atomic mass is 10.1.